The molecule has 2 N–H and O–H groups in total. The highest BCUT2D eigenvalue weighted by molar-refractivity contribution is 4.92. The maximum Gasteiger partial charge on any atom is 0.0645 e. The van der Waals surface area contributed by atoms with E-state index in [-0.39, 0.29) is 6.10 Å². The van der Waals surface area contributed by atoms with Gasteiger partial charge in [0.1, 0.15) is 0 Å². The van der Waals surface area contributed by atoms with Crippen LogP contribution in [0.5, 0.6) is 0 Å². The first-order valence-electron chi connectivity index (χ1n) is 4.92. The van der Waals surface area contributed by atoms with E-state index in [1.165, 1.54) is 0 Å². The monoisotopic (exact) mass is 170 g/mol. The van der Waals surface area contributed by atoms with E-state index in [1.807, 2.05) is 0 Å². The smallest absolute Gasteiger partial charge is 0.0645 e. The van der Waals surface area contributed by atoms with Crippen molar-refractivity contribution in [2.24, 2.45) is 11.8 Å². The molecule has 12 heavy (non-hydrogen) atoms. The Balaban J connectivity index is 2.02. The van der Waals surface area contributed by atoms with Gasteiger partial charge in [-0.2, -0.15) is 0 Å². The normalized spacial score (nSPS) is 43.0. The third-order valence-corrected chi connectivity index (χ3v) is 3.21. The zero-order valence-corrected chi connectivity index (χ0v) is 7.66. The fourth-order valence-electron chi connectivity index (χ4n) is 2.42. The van der Waals surface area contributed by atoms with E-state index in [9.17, 15) is 5.11 Å². The summed E-state index contributed by atoms with van der Waals surface area (Å²) in [5.41, 5.74) is 0. The van der Waals surface area contributed by atoms with Gasteiger partial charge >= 0.3 is 0 Å². The quantitative estimate of drug-likeness (QED) is 0.558. The topological polar surface area (TPSA) is 35.5 Å². The molecule has 70 valence electrons. The lowest BCUT2D eigenvalue weighted by molar-refractivity contribution is -0.0382. The molecule has 0 aromatic rings. The molecule has 1 unspecified atom stereocenters. The lowest BCUT2D eigenvalue weighted by Crippen LogP contribution is -2.58. The van der Waals surface area contributed by atoms with Gasteiger partial charge < -0.3 is 15.3 Å². The van der Waals surface area contributed by atoms with Gasteiger partial charge in [0.15, 0.2) is 0 Å². The van der Waals surface area contributed by atoms with E-state index in [0.717, 1.165) is 32.7 Å². The van der Waals surface area contributed by atoms with Gasteiger partial charge in [0, 0.05) is 38.0 Å². The van der Waals surface area contributed by atoms with Crippen molar-refractivity contribution in [3.8, 4) is 0 Å². The van der Waals surface area contributed by atoms with Crippen LogP contribution < -0.4 is 5.32 Å². The summed E-state index contributed by atoms with van der Waals surface area (Å²) in [6.07, 6.45) is -0.0472. The molecule has 2 fully saturated rings. The fraction of sp³-hybridized carbons (Fsp3) is 1.00. The first kappa shape index (κ1) is 8.48. The average molecular weight is 170 g/mol. The summed E-state index contributed by atoms with van der Waals surface area (Å²) in [7, 11) is 0. The molecule has 2 saturated heterocycles. The molecular weight excluding hydrogens is 152 g/mol. The number of nitrogens with one attached hydrogen (secondary N) is 1. The molecule has 0 aliphatic carbocycles. The Morgan fingerprint density at radius 3 is 2.42 bits per heavy atom. The second-order valence-electron chi connectivity index (χ2n) is 4.02. The van der Waals surface area contributed by atoms with Crippen LogP contribution in [0.2, 0.25) is 0 Å². The second-order valence-corrected chi connectivity index (χ2v) is 4.02. The third kappa shape index (κ3) is 1.37. The van der Waals surface area contributed by atoms with Gasteiger partial charge in [-0.1, -0.05) is 6.92 Å². The summed E-state index contributed by atoms with van der Waals surface area (Å²) in [6, 6.07) is 0. The van der Waals surface area contributed by atoms with Crippen LogP contribution in [0.15, 0.2) is 0 Å². The SMILES string of the molecule is CCN1C[C@H]2CNC[C@@H](C1)C2O. The summed E-state index contributed by atoms with van der Waals surface area (Å²) in [5.74, 6) is 0.940. The highest BCUT2D eigenvalue weighted by Gasteiger charge is 2.37. The van der Waals surface area contributed by atoms with Crippen LogP contribution >= 0.6 is 0 Å². The standard InChI is InChI=1S/C9H18N2O/c1-2-11-5-7-3-10-4-8(6-11)9(7)12/h7-10,12H,2-6H2,1H3/t7-,8+,9?. The molecule has 3 heteroatoms. The van der Waals surface area contributed by atoms with Crippen LogP contribution in [0.4, 0.5) is 0 Å². The molecule has 0 spiro atoms. The molecule has 3 atom stereocenters. The molecule has 2 bridgehead atoms. The van der Waals surface area contributed by atoms with E-state index in [2.05, 4.69) is 17.1 Å². The Hall–Kier alpha value is -0.120. The minimum atomic E-state index is -0.0472. The van der Waals surface area contributed by atoms with Crippen LogP contribution in [0.1, 0.15) is 6.92 Å². The summed E-state index contributed by atoms with van der Waals surface area (Å²) in [4.78, 5) is 2.45. The van der Waals surface area contributed by atoms with Crippen LogP contribution in [-0.2, 0) is 0 Å². The summed E-state index contributed by atoms with van der Waals surface area (Å²) in [5, 5.41) is 13.2. The first-order valence-corrected chi connectivity index (χ1v) is 4.92. The predicted molar refractivity (Wildman–Crippen MR) is 48.0 cm³/mol. The van der Waals surface area contributed by atoms with Crippen LogP contribution in [-0.4, -0.2) is 48.8 Å². The first-order chi connectivity index (χ1) is 5.81. The second kappa shape index (κ2) is 3.32. The van der Waals surface area contributed by atoms with Gasteiger partial charge in [-0.3, -0.25) is 0 Å². The Morgan fingerprint density at radius 1 is 1.33 bits per heavy atom. The number of aliphatic hydroxyl groups excluding tert-OH is 1. The number of fused-ring (bicyclic) bond motifs is 2. The van der Waals surface area contributed by atoms with Crippen molar-refractivity contribution in [3.05, 3.63) is 0 Å². The summed E-state index contributed by atoms with van der Waals surface area (Å²) in [6.45, 7) is 7.45. The molecule has 2 aliphatic rings. The Kier molecular flexibility index (Phi) is 2.35. The van der Waals surface area contributed by atoms with Crippen LogP contribution in [0.3, 0.4) is 0 Å². The number of aliphatic hydroxyl groups is 1. The van der Waals surface area contributed by atoms with E-state index < -0.39 is 0 Å². The van der Waals surface area contributed by atoms with Gasteiger partial charge in [0.25, 0.3) is 0 Å². The molecular formula is C9H18N2O. The van der Waals surface area contributed by atoms with E-state index in [0.29, 0.717) is 11.8 Å². The molecule has 0 aromatic heterocycles. The number of hydrogen-bond acceptors (Lipinski definition) is 3. The van der Waals surface area contributed by atoms with E-state index in [1.54, 1.807) is 0 Å². The Morgan fingerprint density at radius 2 is 1.92 bits per heavy atom. The summed E-state index contributed by atoms with van der Waals surface area (Å²) >= 11 is 0. The highest BCUT2D eigenvalue weighted by atomic mass is 16.3. The van der Waals surface area contributed by atoms with Crippen molar-refractivity contribution in [1.82, 2.24) is 10.2 Å². The largest absolute Gasteiger partial charge is 0.392 e. The maximum absolute atomic E-state index is 9.84. The minimum Gasteiger partial charge on any atom is -0.392 e. The third-order valence-electron chi connectivity index (χ3n) is 3.21. The average Bonchev–Trinajstić information content (AvgIpc) is 2.04. The number of likely N-dealkylation sites (tertiary alicyclic amines) is 1. The van der Waals surface area contributed by atoms with E-state index >= 15 is 0 Å². The molecule has 0 saturated carbocycles. The minimum absolute atomic E-state index is 0.0472. The number of piperidine rings is 2. The lowest BCUT2D eigenvalue weighted by atomic mass is 9.83. The molecule has 2 aliphatic heterocycles. The molecule has 3 nitrogen and oxygen atoms in total. The molecule has 2 heterocycles. The predicted octanol–water partition coefficient (Wildman–Crippen LogP) is -0.482. The zero-order chi connectivity index (χ0) is 8.55. The Labute approximate surface area is 73.8 Å². The van der Waals surface area contributed by atoms with Gasteiger partial charge in [-0.05, 0) is 6.54 Å². The van der Waals surface area contributed by atoms with Crippen molar-refractivity contribution < 1.29 is 5.11 Å². The summed E-state index contributed by atoms with van der Waals surface area (Å²) < 4.78 is 0. The number of hydrogen-bond donors (Lipinski definition) is 2. The van der Waals surface area contributed by atoms with Crippen molar-refractivity contribution in [3.63, 3.8) is 0 Å². The van der Waals surface area contributed by atoms with Crippen molar-refractivity contribution >= 4 is 0 Å². The molecule has 0 amide bonds. The van der Waals surface area contributed by atoms with Gasteiger partial charge in [-0.15, -0.1) is 0 Å². The van der Waals surface area contributed by atoms with Crippen LogP contribution in [0.25, 0.3) is 0 Å². The van der Waals surface area contributed by atoms with Gasteiger partial charge in [-0.25, -0.2) is 0 Å². The van der Waals surface area contributed by atoms with Crippen molar-refractivity contribution in [2.75, 3.05) is 32.7 Å². The molecule has 2 rings (SSSR count). The van der Waals surface area contributed by atoms with Crippen molar-refractivity contribution in [2.45, 2.75) is 13.0 Å². The Bertz CT molecular complexity index is 149. The number of nitrogens with zero attached hydrogens (tertiary/aromatic N) is 1. The van der Waals surface area contributed by atoms with E-state index in [4.69, 9.17) is 0 Å². The highest BCUT2D eigenvalue weighted by Crippen LogP contribution is 2.24. The number of rotatable bonds is 1. The van der Waals surface area contributed by atoms with Crippen molar-refractivity contribution in [1.29, 1.82) is 0 Å². The maximum atomic E-state index is 9.84. The van der Waals surface area contributed by atoms with Gasteiger partial charge in [0.2, 0.25) is 0 Å². The van der Waals surface area contributed by atoms with Gasteiger partial charge in [0.05, 0.1) is 6.10 Å². The van der Waals surface area contributed by atoms with Crippen LogP contribution in [0, 0.1) is 11.8 Å². The lowest BCUT2D eigenvalue weighted by Gasteiger charge is -2.45. The zero-order valence-electron chi connectivity index (χ0n) is 7.66. The molecule has 0 radical (unpaired) electrons. The molecule has 0 aromatic carbocycles. The fourth-order valence-corrected chi connectivity index (χ4v) is 2.42.